The van der Waals surface area contributed by atoms with E-state index in [0.29, 0.717) is 24.3 Å². The Labute approximate surface area is 261 Å². The van der Waals surface area contributed by atoms with E-state index in [1.54, 1.807) is 12.1 Å². The molecule has 1 amide bonds. The molecule has 2 atom stereocenters. The minimum absolute atomic E-state index is 0.0574. The maximum absolute atomic E-state index is 15.2. The van der Waals surface area contributed by atoms with Gasteiger partial charge in [-0.05, 0) is 66.9 Å². The second-order valence-electron chi connectivity index (χ2n) is 11.4. The molecule has 8 nitrogen and oxygen atoms in total. The van der Waals surface area contributed by atoms with Crippen LogP contribution in [-0.4, -0.2) is 77.9 Å². The number of morpholine rings is 1. The van der Waals surface area contributed by atoms with E-state index < -0.39 is 39.7 Å². The van der Waals surface area contributed by atoms with Gasteiger partial charge in [-0.1, -0.05) is 36.4 Å². The molecule has 1 aliphatic rings. The van der Waals surface area contributed by atoms with Crippen molar-refractivity contribution in [3.05, 3.63) is 78.4 Å². The SMILES string of the molecule is CC(C)(F)C(NC(c1ccc(-c2ccc(S(C)(=O)=O)cc2)cc1)C(F)(F)F)C(=O)NCCNc1ccc(N2CCOCC2)cc1. The molecule has 2 unspecified atom stereocenters. The Hall–Kier alpha value is -3.68. The van der Waals surface area contributed by atoms with Crippen LogP contribution >= 0.6 is 0 Å². The third-order valence-corrected chi connectivity index (χ3v) is 8.59. The molecule has 0 radical (unpaired) electrons. The lowest BCUT2D eigenvalue weighted by Gasteiger charge is -2.32. The second kappa shape index (κ2) is 14.2. The molecule has 3 aromatic carbocycles. The topological polar surface area (TPSA) is 99.8 Å². The highest BCUT2D eigenvalue weighted by molar-refractivity contribution is 7.90. The summed E-state index contributed by atoms with van der Waals surface area (Å²) in [7, 11) is -3.40. The van der Waals surface area contributed by atoms with E-state index in [4.69, 9.17) is 4.74 Å². The summed E-state index contributed by atoms with van der Waals surface area (Å²) < 4.78 is 86.7. The molecule has 3 N–H and O–H groups in total. The van der Waals surface area contributed by atoms with Crippen molar-refractivity contribution in [2.24, 2.45) is 0 Å². The third kappa shape index (κ3) is 9.41. The summed E-state index contributed by atoms with van der Waals surface area (Å²) in [6.45, 7) is 5.40. The number of nitrogens with one attached hydrogen (secondary N) is 3. The molecule has 0 spiro atoms. The van der Waals surface area contributed by atoms with E-state index in [1.165, 1.54) is 36.4 Å². The van der Waals surface area contributed by atoms with Crippen molar-refractivity contribution >= 4 is 27.1 Å². The van der Waals surface area contributed by atoms with Gasteiger partial charge >= 0.3 is 6.18 Å². The quantitative estimate of drug-likeness (QED) is 0.185. The maximum Gasteiger partial charge on any atom is 0.407 e. The molecule has 0 aromatic heterocycles. The molecular weight excluding hydrogens is 612 g/mol. The molecule has 0 saturated carbocycles. The van der Waals surface area contributed by atoms with Crippen LogP contribution in [0.2, 0.25) is 0 Å². The number of rotatable bonds is 12. The van der Waals surface area contributed by atoms with E-state index in [1.807, 2.05) is 24.3 Å². The Morgan fingerprint density at radius 3 is 1.93 bits per heavy atom. The van der Waals surface area contributed by atoms with Crippen LogP contribution in [-0.2, 0) is 19.4 Å². The molecule has 1 heterocycles. The van der Waals surface area contributed by atoms with E-state index in [0.717, 1.165) is 44.6 Å². The number of alkyl halides is 4. The molecule has 3 aromatic rings. The van der Waals surface area contributed by atoms with Gasteiger partial charge in [-0.3, -0.25) is 10.1 Å². The summed E-state index contributed by atoms with van der Waals surface area (Å²) in [6, 6.07) is 15.0. The van der Waals surface area contributed by atoms with Gasteiger partial charge in [0.2, 0.25) is 5.91 Å². The Morgan fingerprint density at radius 2 is 1.42 bits per heavy atom. The average molecular weight is 651 g/mol. The van der Waals surface area contributed by atoms with Gasteiger partial charge in [0.15, 0.2) is 9.84 Å². The summed E-state index contributed by atoms with van der Waals surface area (Å²) >= 11 is 0. The standard InChI is InChI=1S/C32H38F4N4O4S/c1-31(2,33)29(30(41)38-17-16-37-25-10-12-26(13-11-25)40-18-20-44-21-19-40)39-28(32(34,35)36)24-6-4-22(5-7-24)23-8-14-27(15-9-23)45(3,42)43/h4-15,28-29,37,39H,16-21H2,1-3H3,(H,38,41). The van der Waals surface area contributed by atoms with Gasteiger partial charge < -0.3 is 20.3 Å². The summed E-state index contributed by atoms with van der Waals surface area (Å²) in [5.74, 6) is -0.899. The van der Waals surface area contributed by atoms with Gasteiger partial charge in [-0.25, -0.2) is 12.8 Å². The summed E-state index contributed by atoms with van der Waals surface area (Å²) in [5.41, 5.74) is 0.500. The highest BCUT2D eigenvalue weighted by Gasteiger charge is 2.46. The van der Waals surface area contributed by atoms with Crippen molar-refractivity contribution in [3.63, 3.8) is 0 Å². The lowest BCUT2D eigenvalue weighted by atomic mass is 9.95. The lowest BCUT2D eigenvalue weighted by Crippen LogP contribution is -2.57. The molecule has 45 heavy (non-hydrogen) atoms. The Balaban J connectivity index is 1.38. The van der Waals surface area contributed by atoms with E-state index in [2.05, 4.69) is 20.9 Å². The Kier molecular flexibility index (Phi) is 10.8. The van der Waals surface area contributed by atoms with Crippen LogP contribution in [0.5, 0.6) is 0 Å². The highest BCUT2D eigenvalue weighted by atomic mass is 32.2. The molecule has 0 bridgehead atoms. The van der Waals surface area contributed by atoms with Crippen molar-refractivity contribution in [1.82, 2.24) is 10.6 Å². The first-order valence-corrected chi connectivity index (χ1v) is 16.4. The van der Waals surface area contributed by atoms with Crippen molar-refractivity contribution in [1.29, 1.82) is 0 Å². The zero-order valence-electron chi connectivity index (χ0n) is 25.3. The van der Waals surface area contributed by atoms with Crippen molar-refractivity contribution < 1.29 is 35.5 Å². The predicted molar refractivity (Wildman–Crippen MR) is 167 cm³/mol. The lowest BCUT2D eigenvalue weighted by molar-refractivity contribution is -0.163. The molecule has 0 aliphatic carbocycles. The molecule has 4 rings (SSSR count). The minimum atomic E-state index is -4.84. The first kappa shape index (κ1) is 34.2. The van der Waals surface area contributed by atoms with Gasteiger partial charge in [-0.15, -0.1) is 0 Å². The van der Waals surface area contributed by atoms with Gasteiger partial charge in [0.05, 0.1) is 18.1 Å². The van der Waals surface area contributed by atoms with Gasteiger partial charge in [0, 0.05) is 43.8 Å². The normalized spacial score (nSPS) is 15.8. The molecule has 1 saturated heterocycles. The molecule has 1 aliphatic heterocycles. The molecule has 13 heteroatoms. The van der Waals surface area contributed by atoms with Gasteiger partial charge in [-0.2, -0.15) is 13.2 Å². The van der Waals surface area contributed by atoms with Crippen LogP contribution in [0.4, 0.5) is 28.9 Å². The third-order valence-electron chi connectivity index (χ3n) is 7.47. The summed E-state index contributed by atoms with van der Waals surface area (Å²) in [4.78, 5) is 15.3. The number of sulfone groups is 1. The van der Waals surface area contributed by atoms with Gasteiger partial charge in [0.1, 0.15) is 17.8 Å². The van der Waals surface area contributed by atoms with Crippen LogP contribution in [0.1, 0.15) is 25.5 Å². The number of hydrogen-bond donors (Lipinski definition) is 3. The van der Waals surface area contributed by atoms with E-state index in [-0.39, 0.29) is 23.5 Å². The fourth-order valence-corrected chi connectivity index (χ4v) is 5.63. The number of nitrogens with zero attached hydrogens (tertiary/aromatic N) is 1. The highest BCUT2D eigenvalue weighted by Crippen LogP contribution is 2.35. The molecule has 244 valence electrons. The maximum atomic E-state index is 15.2. The van der Waals surface area contributed by atoms with Crippen molar-refractivity contribution in [2.45, 2.75) is 42.7 Å². The number of anilines is 2. The van der Waals surface area contributed by atoms with Crippen molar-refractivity contribution in [3.8, 4) is 11.1 Å². The number of hydrogen-bond acceptors (Lipinski definition) is 7. The van der Waals surface area contributed by atoms with Crippen LogP contribution < -0.4 is 20.9 Å². The first-order chi connectivity index (χ1) is 21.1. The zero-order chi connectivity index (χ0) is 32.8. The van der Waals surface area contributed by atoms with Gasteiger partial charge in [0.25, 0.3) is 0 Å². The van der Waals surface area contributed by atoms with Crippen LogP contribution in [0.3, 0.4) is 0 Å². The monoisotopic (exact) mass is 650 g/mol. The number of halogens is 4. The van der Waals surface area contributed by atoms with Crippen LogP contribution in [0, 0.1) is 0 Å². The van der Waals surface area contributed by atoms with E-state index in [9.17, 15) is 26.4 Å². The number of carbonyl (C=O) groups is 1. The Bertz CT molecular complexity index is 1520. The minimum Gasteiger partial charge on any atom is -0.383 e. The summed E-state index contributed by atoms with van der Waals surface area (Å²) in [6.07, 6.45) is -3.76. The molecule has 1 fully saturated rings. The largest absolute Gasteiger partial charge is 0.407 e. The second-order valence-corrected chi connectivity index (χ2v) is 13.4. The summed E-state index contributed by atoms with van der Waals surface area (Å²) in [5, 5.41) is 7.90. The number of carbonyl (C=O) groups excluding carboxylic acids is 1. The predicted octanol–water partition coefficient (Wildman–Crippen LogP) is 5.13. The first-order valence-electron chi connectivity index (χ1n) is 14.5. The fraction of sp³-hybridized carbons (Fsp3) is 0.406. The van der Waals surface area contributed by atoms with E-state index >= 15 is 4.39 Å². The van der Waals surface area contributed by atoms with Crippen LogP contribution in [0.15, 0.2) is 77.7 Å². The average Bonchev–Trinajstić information content (AvgIpc) is 2.99. The number of ether oxygens (including phenoxy) is 1. The number of benzene rings is 3. The smallest absolute Gasteiger partial charge is 0.383 e. The zero-order valence-corrected chi connectivity index (χ0v) is 26.1. The number of amides is 1. The molecular formula is C32H38F4N4O4S. The fourth-order valence-electron chi connectivity index (χ4n) is 5.00. The van der Waals surface area contributed by atoms with Crippen molar-refractivity contribution in [2.75, 3.05) is 55.9 Å². The Morgan fingerprint density at radius 1 is 0.867 bits per heavy atom. The van der Waals surface area contributed by atoms with Crippen LogP contribution in [0.25, 0.3) is 11.1 Å².